The van der Waals surface area contributed by atoms with Gasteiger partial charge in [0.05, 0.1) is 12.2 Å². The van der Waals surface area contributed by atoms with Crippen molar-refractivity contribution < 1.29 is 19.7 Å². The van der Waals surface area contributed by atoms with E-state index in [-0.39, 0.29) is 51.9 Å². The van der Waals surface area contributed by atoms with E-state index in [1.807, 2.05) is 11.9 Å². The summed E-state index contributed by atoms with van der Waals surface area (Å²) in [6.45, 7) is 0.609. The zero-order valence-electron chi connectivity index (χ0n) is 15.1. The summed E-state index contributed by atoms with van der Waals surface area (Å²) >= 11 is 6.14. The third-order valence-electron chi connectivity index (χ3n) is 5.40. The Morgan fingerprint density at radius 1 is 1.32 bits per heavy atom. The first-order chi connectivity index (χ1) is 13.4. The van der Waals surface area contributed by atoms with E-state index >= 15 is 0 Å². The van der Waals surface area contributed by atoms with Crippen LogP contribution in [0.25, 0.3) is 22.3 Å². The highest BCUT2D eigenvalue weighted by Crippen LogP contribution is 2.44. The van der Waals surface area contributed by atoms with Gasteiger partial charge in [0.15, 0.2) is 5.43 Å². The normalized spacial score (nSPS) is 20.1. The monoisotopic (exact) mass is 402 g/mol. The predicted octanol–water partition coefficient (Wildman–Crippen LogP) is 2.70. The second-order valence-corrected chi connectivity index (χ2v) is 7.33. The molecule has 146 valence electrons. The number of fused-ring (bicyclic) bond motifs is 1. The van der Waals surface area contributed by atoms with Crippen molar-refractivity contribution in [1.82, 2.24) is 9.88 Å². The van der Waals surface area contributed by atoms with Crippen molar-refractivity contribution in [2.75, 3.05) is 20.2 Å². The lowest BCUT2D eigenvalue weighted by Gasteiger charge is -2.24. The molecule has 0 radical (unpaired) electrons. The first-order valence-electron chi connectivity index (χ1n) is 8.87. The molecule has 2 atom stereocenters. The van der Waals surface area contributed by atoms with Crippen LogP contribution >= 0.6 is 11.6 Å². The Balaban J connectivity index is 2.03. The zero-order chi connectivity index (χ0) is 20.0. The Labute approximate surface area is 165 Å². The van der Waals surface area contributed by atoms with Crippen LogP contribution in [-0.2, 0) is 0 Å². The van der Waals surface area contributed by atoms with Crippen molar-refractivity contribution in [3.63, 3.8) is 0 Å². The number of likely N-dealkylation sites (N-methyl/N-ethyl adjacent to an activating group) is 1. The van der Waals surface area contributed by atoms with E-state index in [1.54, 1.807) is 12.1 Å². The van der Waals surface area contributed by atoms with Crippen LogP contribution in [0, 0.1) is 0 Å². The molecule has 7 nitrogen and oxygen atoms in total. The number of likely N-dealkylation sites (tertiary alicyclic amines) is 1. The van der Waals surface area contributed by atoms with E-state index in [2.05, 4.69) is 4.98 Å². The minimum atomic E-state index is -0.457. The molecule has 4 rings (SSSR count). The highest BCUT2D eigenvalue weighted by atomic mass is 35.5. The van der Waals surface area contributed by atoms with Crippen LogP contribution in [0.2, 0.25) is 5.15 Å². The number of pyridine rings is 1. The van der Waals surface area contributed by atoms with Crippen molar-refractivity contribution in [1.29, 1.82) is 0 Å². The average Bonchev–Trinajstić information content (AvgIpc) is 3.01. The number of phenols is 2. The number of halogens is 1. The van der Waals surface area contributed by atoms with Crippen molar-refractivity contribution in [3.05, 3.63) is 51.4 Å². The lowest BCUT2D eigenvalue weighted by atomic mass is 9.89. The first-order valence-corrected chi connectivity index (χ1v) is 9.24. The Morgan fingerprint density at radius 3 is 2.82 bits per heavy atom. The van der Waals surface area contributed by atoms with Crippen LogP contribution < -0.4 is 5.43 Å². The summed E-state index contributed by atoms with van der Waals surface area (Å²) < 4.78 is 6.00. The number of aliphatic hydroxyl groups is 1. The quantitative estimate of drug-likeness (QED) is 0.578. The maximum absolute atomic E-state index is 12.8. The van der Waals surface area contributed by atoms with Gasteiger partial charge in [-0.1, -0.05) is 11.6 Å². The number of phenolic OH excluding ortho intramolecular Hbond substituents is 2. The van der Waals surface area contributed by atoms with E-state index in [0.29, 0.717) is 17.5 Å². The molecule has 0 amide bonds. The topological polar surface area (TPSA) is 107 Å². The lowest BCUT2D eigenvalue weighted by Crippen LogP contribution is -2.32. The highest BCUT2D eigenvalue weighted by molar-refractivity contribution is 6.31. The molecule has 28 heavy (non-hydrogen) atoms. The van der Waals surface area contributed by atoms with Gasteiger partial charge in [0.25, 0.3) is 0 Å². The second kappa shape index (κ2) is 7.09. The van der Waals surface area contributed by atoms with E-state index in [1.165, 1.54) is 12.3 Å². The molecule has 2 aromatic heterocycles. The molecule has 0 bridgehead atoms. The molecule has 3 N–H and O–H groups in total. The third kappa shape index (κ3) is 2.92. The summed E-state index contributed by atoms with van der Waals surface area (Å²) in [5.74, 6) is -0.614. The Kier molecular flexibility index (Phi) is 4.74. The van der Waals surface area contributed by atoms with Crippen molar-refractivity contribution in [3.8, 4) is 22.8 Å². The Hall–Kier alpha value is -2.61. The molecule has 0 unspecified atom stereocenters. The average molecular weight is 403 g/mol. The standard InChI is InChI=1S/C20H19ClN2O5/c1-23-6-4-10(12(23)9-24)17-13(25)7-14(26)18-15(27)8-16(28-19(17)18)11-3-2-5-22-20(11)21/h2-3,5,7-8,10,12,24-26H,4,6,9H2,1H3/t10-,12+/m1/s1. The Morgan fingerprint density at radius 2 is 2.11 bits per heavy atom. The van der Waals surface area contributed by atoms with Gasteiger partial charge in [-0.25, -0.2) is 4.98 Å². The van der Waals surface area contributed by atoms with Gasteiger partial charge in [-0.05, 0) is 32.1 Å². The van der Waals surface area contributed by atoms with Gasteiger partial charge >= 0.3 is 0 Å². The first kappa shape index (κ1) is 18.7. The van der Waals surface area contributed by atoms with Crippen LogP contribution in [0.15, 0.2) is 39.7 Å². The van der Waals surface area contributed by atoms with Crippen molar-refractivity contribution in [2.45, 2.75) is 18.4 Å². The number of nitrogens with zero attached hydrogens (tertiary/aromatic N) is 2. The fourth-order valence-corrected chi connectivity index (χ4v) is 4.21. The molecule has 1 aromatic carbocycles. The van der Waals surface area contributed by atoms with Crippen molar-refractivity contribution in [2.24, 2.45) is 0 Å². The van der Waals surface area contributed by atoms with Crippen LogP contribution in [0.1, 0.15) is 17.9 Å². The second-order valence-electron chi connectivity index (χ2n) is 6.97. The molecular weight excluding hydrogens is 384 g/mol. The summed E-state index contributed by atoms with van der Waals surface area (Å²) in [5.41, 5.74) is 0.467. The summed E-state index contributed by atoms with van der Waals surface area (Å²) in [4.78, 5) is 18.8. The number of hydrogen-bond acceptors (Lipinski definition) is 7. The fraction of sp³-hybridized carbons (Fsp3) is 0.300. The largest absolute Gasteiger partial charge is 0.507 e. The van der Waals surface area contributed by atoms with Gasteiger partial charge in [0.2, 0.25) is 0 Å². The van der Waals surface area contributed by atoms with Gasteiger partial charge in [-0.2, -0.15) is 0 Å². The van der Waals surface area contributed by atoms with Gasteiger partial charge in [0, 0.05) is 35.9 Å². The minimum Gasteiger partial charge on any atom is -0.507 e. The smallest absolute Gasteiger partial charge is 0.197 e. The molecule has 3 aromatic rings. The molecule has 1 saturated heterocycles. The van der Waals surface area contributed by atoms with E-state index in [9.17, 15) is 20.1 Å². The molecule has 1 aliphatic heterocycles. The summed E-state index contributed by atoms with van der Waals surface area (Å²) in [7, 11) is 1.89. The molecular formula is C20H19ClN2O5. The van der Waals surface area contributed by atoms with Crippen LogP contribution in [0.5, 0.6) is 11.5 Å². The summed E-state index contributed by atoms with van der Waals surface area (Å²) in [5, 5.41) is 30.8. The van der Waals surface area contributed by atoms with Gasteiger partial charge in [-0.3, -0.25) is 4.79 Å². The zero-order valence-corrected chi connectivity index (χ0v) is 15.8. The number of benzene rings is 1. The molecule has 0 aliphatic carbocycles. The third-order valence-corrected chi connectivity index (χ3v) is 5.70. The van der Waals surface area contributed by atoms with Gasteiger partial charge in [-0.15, -0.1) is 0 Å². The number of aromatic hydroxyl groups is 2. The maximum atomic E-state index is 12.8. The van der Waals surface area contributed by atoms with Crippen LogP contribution in [0.3, 0.4) is 0 Å². The summed E-state index contributed by atoms with van der Waals surface area (Å²) in [6.07, 6.45) is 2.19. The molecule has 0 saturated carbocycles. The van der Waals surface area contributed by atoms with E-state index in [4.69, 9.17) is 16.0 Å². The minimum absolute atomic E-state index is 0.0113. The molecule has 3 heterocycles. The Bertz CT molecular complexity index is 1110. The predicted molar refractivity (Wildman–Crippen MR) is 105 cm³/mol. The molecule has 8 heteroatoms. The fourth-order valence-electron chi connectivity index (χ4n) is 3.99. The number of hydrogen-bond donors (Lipinski definition) is 3. The lowest BCUT2D eigenvalue weighted by molar-refractivity contribution is 0.172. The van der Waals surface area contributed by atoms with Crippen molar-refractivity contribution >= 4 is 22.6 Å². The maximum Gasteiger partial charge on any atom is 0.197 e. The van der Waals surface area contributed by atoms with Crippen LogP contribution in [-0.4, -0.2) is 51.4 Å². The van der Waals surface area contributed by atoms with Gasteiger partial charge in [0.1, 0.15) is 33.4 Å². The molecule has 1 aliphatic rings. The number of aromatic nitrogens is 1. The van der Waals surface area contributed by atoms with Gasteiger partial charge < -0.3 is 24.6 Å². The number of aliphatic hydroxyl groups excluding tert-OH is 1. The molecule has 0 spiro atoms. The molecule has 1 fully saturated rings. The van der Waals surface area contributed by atoms with E-state index in [0.717, 1.165) is 12.6 Å². The highest BCUT2D eigenvalue weighted by Gasteiger charge is 2.36. The van der Waals surface area contributed by atoms with E-state index < -0.39 is 5.43 Å². The SMILES string of the molecule is CN1CC[C@@H](c2c(O)cc(O)c3c(=O)cc(-c4cccnc4Cl)oc23)[C@@H]1CO. The summed E-state index contributed by atoms with van der Waals surface area (Å²) in [6, 6.07) is 5.49. The van der Waals surface area contributed by atoms with Crippen LogP contribution in [0.4, 0.5) is 0 Å². The number of rotatable bonds is 3.